The fraction of sp³-hybridized carbons (Fsp3) is 0.417. The van der Waals surface area contributed by atoms with Crippen molar-refractivity contribution >= 4 is 17.7 Å². The van der Waals surface area contributed by atoms with Gasteiger partial charge >= 0.3 is 0 Å². The summed E-state index contributed by atoms with van der Waals surface area (Å²) < 4.78 is 5.10. The molecular weight excluding hydrogens is 242 g/mol. The third-order valence-electron chi connectivity index (χ3n) is 3.13. The lowest BCUT2D eigenvalue weighted by Crippen LogP contribution is -2.04. The fourth-order valence-corrected chi connectivity index (χ4v) is 2.33. The maximum absolute atomic E-state index is 10.4. The monoisotopic (exact) mass is 253 g/mol. The van der Waals surface area contributed by atoms with Crippen LogP contribution in [0.3, 0.4) is 0 Å². The predicted octanol–water partition coefficient (Wildman–Crippen LogP) is 2.69. The third-order valence-corrected chi connectivity index (χ3v) is 3.41. The van der Waals surface area contributed by atoms with Crippen LogP contribution >= 0.6 is 11.6 Å². The number of halogens is 1. The first-order valence-electron chi connectivity index (χ1n) is 5.21. The number of benzene rings is 1. The van der Waals surface area contributed by atoms with Gasteiger partial charge in [-0.15, -0.1) is 0 Å². The van der Waals surface area contributed by atoms with Crippen LogP contribution in [0.15, 0.2) is 11.1 Å². The molecule has 1 fully saturated rings. The molecule has 2 rings (SSSR count). The minimum absolute atomic E-state index is 0.0859. The van der Waals surface area contributed by atoms with Crippen LogP contribution in [0.1, 0.15) is 24.0 Å². The van der Waals surface area contributed by atoms with Crippen molar-refractivity contribution in [3.63, 3.8) is 0 Å². The smallest absolute Gasteiger partial charge is 0.235 e. The first-order chi connectivity index (χ1) is 8.05. The van der Waals surface area contributed by atoms with E-state index < -0.39 is 5.54 Å². The zero-order valence-electron chi connectivity index (χ0n) is 9.58. The standard InChI is InChI=1S/C12H12ClNO3/c1-7-10(16)8(5-9(13)11(7)17-2)12(3-4-12)14-6-15/h5,16H,3-4H2,1-2H3. The Morgan fingerprint density at radius 1 is 1.59 bits per heavy atom. The quantitative estimate of drug-likeness (QED) is 0.666. The van der Waals surface area contributed by atoms with Crippen molar-refractivity contribution in [2.75, 3.05) is 7.11 Å². The third kappa shape index (κ3) is 1.79. The van der Waals surface area contributed by atoms with Gasteiger partial charge < -0.3 is 9.84 Å². The highest BCUT2D eigenvalue weighted by atomic mass is 35.5. The molecule has 0 bridgehead atoms. The lowest BCUT2D eigenvalue weighted by atomic mass is 10.0. The second kappa shape index (κ2) is 4.06. The van der Waals surface area contributed by atoms with Crippen molar-refractivity contribution < 1.29 is 14.6 Å². The summed E-state index contributed by atoms with van der Waals surface area (Å²) in [5.74, 6) is 0.529. The molecule has 1 saturated carbocycles. The van der Waals surface area contributed by atoms with Crippen LogP contribution < -0.4 is 4.74 Å². The zero-order chi connectivity index (χ0) is 12.6. The average molecular weight is 254 g/mol. The van der Waals surface area contributed by atoms with Crippen LogP contribution in [0.2, 0.25) is 5.02 Å². The average Bonchev–Trinajstić information content (AvgIpc) is 3.05. The highest BCUT2D eigenvalue weighted by molar-refractivity contribution is 6.32. The van der Waals surface area contributed by atoms with Crippen molar-refractivity contribution in [2.45, 2.75) is 25.3 Å². The molecular formula is C12H12ClNO3. The van der Waals surface area contributed by atoms with Crippen molar-refractivity contribution in [2.24, 2.45) is 4.99 Å². The minimum Gasteiger partial charge on any atom is -0.507 e. The Labute approximate surface area is 104 Å². The predicted molar refractivity (Wildman–Crippen MR) is 63.4 cm³/mol. The summed E-state index contributed by atoms with van der Waals surface area (Å²) in [4.78, 5) is 14.2. The van der Waals surface area contributed by atoms with Crippen molar-refractivity contribution in [1.29, 1.82) is 0 Å². The van der Waals surface area contributed by atoms with Gasteiger partial charge in [-0.3, -0.25) is 0 Å². The molecule has 0 heterocycles. The van der Waals surface area contributed by atoms with Crippen LogP contribution in [0.4, 0.5) is 0 Å². The molecule has 0 radical (unpaired) electrons. The van der Waals surface area contributed by atoms with Crippen molar-refractivity contribution in [3.05, 3.63) is 22.2 Å². The van der Waals surface area contributed by atoms with Crippen LogP contribution in [0.5, 0.6) is 11.5 Å². The molecule has 0 saturated heterocycles. The number of isocyanates is 1. The van der Waals surface area contributed by atoms with E-state index in [-0.39, 0.29) is 5.75 Å². The molecule has 0 aliphatic heterocycles. The summed E-state index contributed by atoms with van der Waals surface area (Å²) in [7, 11) is 1.49. The van der Waals surface area contributed by atoms with Gasteiger partial charge in [0.25, 0.3) is 0 Å². The molecule has 1 N–H and O–H groups in total. The van der Waals surface area contributed by atoms with E-state index in [2.05, 4.69) is 4.99 Å². The van der Waals surface area contributed by atoms with Crippen LogP contribution in [-0.4, -0.2) is 18.3 Å². The van der Waals surface area contributed by atoms with Gasteiger partial charge in [0.15, 0.2) is 0 Å². The van der Waals surface area contributed by atoms with Gasteiger partial charge in [-0.2, -0.15) is 4.99 Å². The van der Waals surface area contributed by atoms with E-state index in [1.165, 1.54) is 7.11 Å². The van der Waals surface area contributed by atoms with Gasteiger partial charge in [0, 0.05) is 11.1 Å². The van der Waals surface area contributed by atoms with Gasteiger partial charge in [0.1, 0.15) is 17.0 Å². The molecule has 17 heavy (non-hydrogen) atoms. The van der Waals surface area contributed by atoms with Gasteiger partial charge in [-0.25, -0.2) is 4.79 Å². The molecule has 90 valence electrons. The van der Waals surface area contributed by atoms with E-state index in [1.807, 2.05) is 0 Å². The number of carbonyl (C=O) groups excluding carboxylic acids is 1. The van der Waals surface area contributed by atoms with Crippen molar-refractivity contribution in [1.82, 2.24) is 0 Å². The molecule has 0 amide bonds. The molecule has 0 atom stereocenters. The molecule has 1 aliphatic rings. The van der Waals surface area contributed by atoms with Gasteiger partial charge in [0.05, 0.1) is 12.1 Å². The highest BCUT2D eigenvalue weighted by Crippen LogP contribution is 2.54. The summed E-state index contributed by atoms with van der Waals surface area (Å²) in [5, 5.41) is 10.5. The number of ether oxygens (including phenoxy) is 1. The van der Waals surface area contributed by atoms with Gasteiger partial charge in [-0.1, -0.05) is 11.6 Å². The highest BCUT2D eigenvalue weighted by Gasteiger charge is 2.47. The van der Waals surface area contributed by atoms with Gasteiger partial charge in [0.2, 0.25) is 6.08 Å². The molecule has 1 aromatic rings. The van der Waals surface area contributed by atoms with E-state index in [9.17, 15) is 9.90 Å². The van der Waals surface area contributed by atoms with E-state index in [4.69, 9.17) is 16.3 Å². The summed E-state index contributed by atoms with van der Waals surface area (Å²) in [5.41, 5.74) is 0.499. The number of methoxy groups -OCH3 is 1. The van der Waals surface area contributed by atoms with E-state index in [0.29, 0.717) is 21.9 Å². The number of hydrogen-bond acceptors (Lipinski definition) is 4. The second-order valence-corrected chi connectivity index (χ2v) is 4.55. The Hall–Kier alpha value is -1.51. The van der Waals surface area contributed by atoms with Crippen LogP contribution in [0, 0.1) is 6.92 Å². The Morgan fingerprint density at radius 2 is 2.24 bits per heavy atom. The fourth-order valence-electron chi connectivity index (χ4n) is 2.00. The number of aliphatic imine (C=N–C) groups is 1. The number of phenols is 1. The number of nitrogens with zero attached hydrogens (tertiary/aromatic N) is 1. The molecule has 0 unspecified atom stereocenters. The Morgan fingerprint density at radius 3 is 2.71 bits per heavy atom. The lowest BCUT2D eigenvalue weighted by Gasteiger charge is -2.16. The first kappa shape index (κ1) is 12.0. The van der Waals surface area contributed by atoms with Crippen molar-refractivity contribution in [3.8, 4) is 11.5 Å². The lowest BCUT2D eigenvalue weighted by molar-refractivity contribution is 0.400. The van der Waals surface area contributed by atoms with Crippen LogP contribution in [-0.2, 0) is 10.3 Å². The summed E-state index contributed by atoms with van der Waals surface area (Å²) in [6, 6.07) is 1.61. The molecule has 1 aromatic carbocycles. The second-order valence-electron chi connectivity index (χ2n) is 4.15. The minimum atomic E-state index is -0.632. The van der Waals surface area contributed by atoms with E-state index in [1.54, 1.807) is 19.1 Å². The topological polar surface area (TPSA) is 58.9 Å². The molecule has 0 spiro atoms. The Bertz CT molecular complexity index is 517. The largest absolute Gasteiger partial charge is 0.507 e. The zero-order valence-corrected chi connectivity index (χ0v) is 10.3. The maximum atomic E-state index is 10.4. The van der Waals surface area contributed by atoms with E-state index >= 15 is 0 Å². The SMILES string of the molecule is COc1c(Cl)cc(C2(N=C=O)CC2)c(O)c1C. The van der Waals surface area contributed by atoms with Gasteiger partial charge in [-0.05, 0) is 25.8 Å². The Kier molecular flexibility index (Phi) is 2.86. The Balaban J connectivity index is 2.61. The molecule has 1 aliphatic carbocycles. The summed E-state index contributed by atoms with van der Waals surface area (Å²) in [6.45, 7) is 1.71. The first-order valence-corrected chi connectivity index (χ1v) is 5.59. The summed E-state index contributed by atoms with van der Waals surface area (Å²) >= 11 is 6.06. The maximum Gasteiger partial charge on any atom is 0.235 e. The number of rotatable bonds is 3. The summed E-state index contributed by atoms with van der Waals surface area (Å²) in [6.07, 6.45) is 2.99. The van der Waals surface area contributed by atoms with Crippen LogP contribution in [0.25, 0.3) is 0 Å². The number of phenolic OH excluding ortho intramolecular Hbond substituents is 1. The normalized spacial score (nSPS) is 16.2. The number of aromatic hydroxyl groups is 1. The number of hydrogen-bond donors (Lipinski definition) is 1. The van der Waals surface area contributed by atoms with E-state index in [0.717, 1.165) is 12.8 Å². The molecule has 0 aromatic heterocycles. The molecule has 5 heteroatoms. The molecule has 4 nitrogen and oxygen atoms in total.